The zero-order chi connectivity index (χ0) is 10.3. The molecule has 0 saturated carbocycles. The second-order valence-electron chi connectivity index (χ2n) is 4.22. The van der Waals surface area contributed by atoms with Gasteiger partial charge in [-0.05, 0) is 6.07 Å². The van der Waals surface area contributed by atoms with Crippen LogP contribution < -0.4 is 10.1 Å². The van der Waals surface area contributed by atoms with Crippen LogP contribution in [0.25, 0.3) is 0 Å². The third-order valence-electron chi connectivity index (χ3n) is 3.06. The van der Waals surface area contributed by atoms with Gasteiger partial charge in [0.1, 0.15) is 12.4 Å². The van der Waals surface area contributed by atoms with Crippen molar-refractivity contribution < 1.29 is 4.74 Å². The highest BCUT2D eigenvalue weighted by molar-refractivity contribution is 8.00. The Labute approximate surface area is 94.4 Å². The SMILES string of the molecule is CC1CNC2c3ccccc3OCC2S1. The number of hydrogen-bond acceptors (Lipinski definition) is 3. The fourth-order valence-corrected chi connectivity index (χ4v) is 3.67. The molecule has 0 aromatic heterocycles. The molecule has 2 nitrogen and oxygen atoms in total. The highest BCUT2D eigenvalue weighted by Crippen LogP contribution is 2.40. The van der Waals surface area contributed by atoms with Gasteiger partial charge >= 0.3 is 0 Å². The summed E-state index contributed by atoms with van der Waals surface area (Å²) in [4.78, 5) is 0. The molecule has 1 fully saturated rings. The minimum Gasteiger partial charge on any atom is -0.492 e. The summed E-state index contributed by atoms with van der Waals surface area (Å²) in [5.41, 5.74) is 1.33. The molecule has 3 atom stereocenters. The number of thioether (sulfide) groups is 1. The van der Waals surface area contributed by atoms with E-state index in [4.69, 9.17) is 4.74 Å². The van der Waals surface area contributed by atoms with E-state index in [1.807, 2.05) is 17.8 Å². The molecule has 15 heavy (non-hydrogen) atoms. The van der Waals surface area contributed by atoms with E-state index >= 15 is 0 Å². The normalized spacial score (nSPS) is 33.8. The van der Waals surface area contributed by atoms with Gasteiger partial charge in [0.2, 0.25) is 0 Å². The standard InChI is InChI=1S/C12H15NOS/c1-8-6-13-12-9-4-2-3-5-10(9)14-7-11(12)15-8/h2-5,8,11-13H,6-7H2,1H3. The van der Waals surface area contributed by atoms with Crippen molar-refractivity contribution in [2.45, 2.75) is 23.5 Å². The molecule has 3 unspecified atom stereocenters. The van der Waals surface area contributed by atoms with E-state index in [-0.39, 0.29) is 0 Å². The number of fused-ring (bicyclic) bond motifs is 3. The first kappa shape index (κ1) is 9.55. The van der Waals surface area contributed by atoms with Crippen LogP contribution in [-0.2, 0) is 0 Å². The number of nitrogens with one attached hydrogen (secondary N) is 1. The lowest BCUT2D eigenvalue weighted by atomic mass is 10.00. The number of para-hydroxylation sites is 1. The molecular formula is C12H15NOS. The van der Waals surface area contributed by atoms with Crippen LogP contribution in [0.4, 0.5) is 0 Å². The van der Waals surface area contributed by atoms with Gasteiger partial charge in [0, 0.05) is 17.4 Å². The molecule has 1 saturated heterocycles. The van der Waals surface area contributed by atoms with Crippen LogP contribution >= 0.6 is 11.8 Å². The largest absolute Gasteiger partial charge is 0.492 e. The predicted octanol–water partition coefficient (Wildman–Crippen LogP) is 2.21. The van der Waals surface area contributed by atoms with Gasteiger partial charge in [0.15, 0.2) is 0 Å². The summed E-state index contributed by atoms with van der Waals surface area (Å²) in [5.74, 6) is 1.06. The Bertz CT molecular complexity index is 368. The number of ether oxygens (including phenoxy) is 1. The summed E-state index contributed by atoms with van der Waals surface area (Å²) in [5, 5.41) is 4.89. The molecule has 0 aliphatic carbocycles. The summed E-state index contributed by atoms with van der Waals surface area (Å²) >= 11 is 2.05. The van der Waals surface area contributed by atoms with Crippen molar-refractivity contribution in [2.24, 2.45) is 0 Å². The monoisotopic (exact) mass is 221 g/mol. The van der Waals surface area contributed by atoms with Crippen molar-refractivity contribution >= 4 is 11.8 Å². The van der Waals surface area contributed by atoms with Crippen LogP contribution in [-0.4, -0.2) is 23.7 Å². The Kier molecular flexibility index (Phi) is 2.37. The van der Waals surface area contributed by atoms with Crippen molar-refractivity contribution in [3.63, 3.8) is 0 Å². The van der Waals surface area contributed by atoms with Gasteiger partial charge in [-0.2, -0.15) is 0 Å². The zero-order valence-electron chi connectivity index (χ0n) is 8.77. The van der Waals surface area contributed by atoms with E-state index in [1.54, 1.807) is 0 Å². The maximum atomic E-state index is 5.78. The second-order valence-corrected chi connectivity index (χ2v) is 5.90. The first-order valence-electron chi connectivity index (χ1n) is 5.45. The molecule has 0 spiro atoms. The molecule has 2 aliphatic rings. The van der Waals surface area contributed by atoms with E-state index in [0.29, 0.717) is 16.5 Å². The van der Waals surface area contributed by atoms with Crippen LogP contribution in [0.3, 0.4) is 0 Å². The maximum absolute atomic E-state index is 5.78. The van der Waals surface area contributed by atoms with Crippen LogP contribution in [0.2, 0.25) is 0 Å². The van der Waals surface area contributed by atoms with Gasteiger partial charge in [-0.1, -0.05) is 25.1 Å². The van der Waals surface area contributed by atoms with Crippen LogP contribution in [0.5, 0.6) is 5.75 Å². The molecule has 1 aromatic carbocycles. The summed E-state index contributed by atoms with van der Waals surface area (Å²) < 4.78 is 5.78. The smallest absolute Gasteiger partial charge is 0.124 e. The molecule has 2 heterocycles. The van der Waals surface area contributed by atoms with E-state index in [2.05, 4.69) is 30.4 Å². The van der Waals surface area contributed by atoms with Gasteiger partial charge in [-0.3, -0.25) is 0 Å². The Morgan fingerprint density at radius 2 is 2.27 bits per heavy atom. The minimum atomic E-state index is 0.483. The molecule has 1 N–H and O–H groups in total. The van der Waals surface area contributed by atoms with Gasteiger partial charge in [-0.25, -0.2) is 0 Å². The summed E-state index contributed by atoms with van der Waals surface area (Å²) in [6, 6.07) is 8.86. The lowest BCUT2D eigenvalue weighted by Crippen LogP contribution is -2.45. The number of benzene rings is 1. The van der Waals surface area contributed by atoms with Gasteiger partial charge in [0.25, 0.3) is 0 Å². The third-order valence-corrected chi connectivity index (χ3v) is 4.45. The topological polar surface area (TPSA) is 21.3 Å². The van der Waals surface area contributed by atoms with E-state index in [1.165, 1.54) is 5.56 Å². The molecule has 3 rings (SSSR count). The lowest BCUT2D eigenvalue weighted by molar-refractivity contribution is 0.256. The van der Waals surface area contributed by atoms with E-state index in [9.17, 15) is 0 Å². The van der Waals surface area contributed by atoms with Crippen molar-refractivity contribution in [3.8, 4) is 5.75 Å². The van der Waals surface area contributed by atoms with Crippen molar-refractivity contribution in [3.05, 3.63) is 29.8 Å². The third kappa shape index (κ3) is 1.64. The molecule has 0 radical (unpaired) electrons. The van der Waals surface area contributed by atoms with Crippen molar-refractivity contribution in [1.82, 2.24) is 5.32 Å². The summed E-state index contributed by atoms with van der Waals surface area (Å²) in [6.45, 7) is 4.21. The molecule has 80 valence electrons. The Balaban J connectivity index is 1.93. The lowest BCUT2D eigenvalue weighted by Gasteiger charge is -2.39. The fourth-order valence-electron chi connectivity index (χ4n) is 2.34. The number of hydrogen-bond donors (Lipinski definition) is 1. The average molecular weight is 221 g/mol. The molecule has 3 heteroatoms. The number of rotatable bonds is 0. The maximum Gasteiger partial charge on any atom is 0.124 e. The van der Waals surface area contributed by atoms with Crippen LogP contribution in [0, 0.1) is 0 Å². The van der Waals surface area contributed by atoms with Gasteiger partial charge < -0.3 is 10.1 Å². The van der Waals surface area contributed by atoms with Crippen LogP contribution in [0.1, 0.15) is 18.5 Å². The van der Waals surface area contributed by atoms with Crippen molar-refractivity contribution in [1.29, 1.82) is 0 Å². The van der Waals surface area contributed by atoms with Gasteiger partial charge in [-0.15, -0.1) is 11.8 Å². The Hall–Kier alpha value is -0.670. The average Bonchev–Trinajstić information content (AvgIpc) is 2.28. The first-order valence-corrected chi connectivity index (χ1v) is 6.39. The van der Waals surface area contributed by atoms with E-state index < -0.39 is 0 Å². The van der Waals surface area contributed by atoms with Crippen LogP contribution in [0.15, 0.2) is 24.3 Å². The quantitative estimate of drug-likeness (QED) is 0.726. The molecule has 1 aromatic rings. The van der Waals surface area contributed by atoms with Gasteiger partial charge in [0.05, 0.1) is 11.3 Å². The first-order chi connectivity index (χ1) is 7.34. The highest BCUT2D eigenvalue weighted by Gasteiger charge is 2.35. The Morgan fingerprint density at radius 3 is 3.20 bits per heavy atom. The molecule has 0 amide bonds. The predicted molar refractivity (Wildman–Crippen MR) is 63.5 cm³/mol. The summed E-state index contributed by atoms with van der Waals surface area (Å²) in [6.07, 6.45) is 0. The zero-order valence-corrected chi connectivity index (χ0v) is 9.59. The molecular weight excluding hydrogens is 206 g/mol. The molecule has 2 aliphatic heterocycles. The summed E-state index contributed by atoms with van der Waals surface area (Å²) in [7, 11) is 0. The van der Waals surface area contributed by atoms with Crippen molar-refractivity contribution in [2.75, 3.05) is 13.2 Å². The minimum absolute atomic E-state index is 0.483. The molecule has 0 bridgehead atoms. The Morgan fingerprint density at radius 1 is 1.40 bits per heavy atom. The fraction of sp³-hybridized carbons (Fsp3) is 0.500. The van der Waals surface area contributed by atoms with E-state index in [0.717, 1.165) is 18.9 Å². The second kappa shape index (κ2) is 3.72. The highest BCUT2D eigenvalue weighted by atomic mass is 32.2.